The Labute approximate surface area is 84.5 Å². The highest BCUT2D eigenvalue weighted by atomic mass is 32.2. The molecule has 0 radical (unpaired) electrons. The van der Waals surface area contributed by atoms with Crippen LogP contribution in [0.15, 0.2) is 30.3 Å². The predicted molar refractivity (Wildman–Crippen MR) is 55.7 cm³/mol. The Bertz CT molecular complexity index is 370. The fraction of sp³-hybridized carbons (Fsp3) is 0.400. The van der Waals surface area contributed by atoms with Crippen molar-refractivity contribution in [2.24, 2.45) is 5.92 Å². The van der Waals surface area contributed by atoms with E-state index in [0.29, 0.717) is 6.42 Å². The van der Waals surface area contributed by atoms with Crippen LogP contribution in [-0.4, -0.2) is 18.7 Å². The Morgan fingerprint density at radius 1 is 1.29 bits per heavy atom. The molecular formula is C10H14O3S. The molecule has 0 saturated heterocycles. The minimum Gasteiger partial charge on any atom is -0.286 e. The first kappa shape index (κ1) is 11.2. The normalized spacial score (nSPS) is 13.9. The van der Waals surface area contributed by atoms with Gasteiger partial charge >= 0.3 is 0 Å². The summed E-state index contributed by atoms with van der Waals surface area (Å²) in [4.78, 5) is 0. The average molecular weight is 214 g/mol. The molecule has 1 N–H and O–H groups in total. The van der Waals surface area contributed by atoms with Crippen LogP contribution in [0.1, 0.15) is 12.5 Å². The van der Waals surface area contributed by atoms with Crippen LogP contribution in [0, 0.1) is 5.92 Å². The van der Waals surface area contributed by atoms with Gasteiger partial charge in [-0.25, -0.2) is 0 Å². The van der Waals surface area contributed by atoms with Crippen molar-refractivity contribution >= 4 is 10.1 Å². The van der Waals surface area contributed by atoms with Gasteiger partial charge in [-0.05, 0) is 17.9 Å². The Morgan fingerprint density at radius 3 is 2.36 bits per heavy atom. The van der Waals surface area contributed by atoms with E-state index >= 15 is 0 Å². The lowest BCUT2D eigenvalue weighted by Crippen LogP contribution is -2.14. The molecule has 1 unspecified atom stereocenters. The summed E-state index contributed by atoms with van der Waals surface area (Å²) >= 11 is 0. The third-order valence-electron chi connectivity index (χ3n) is 1.92. The molecule has 4 heteroatoms. The summed E-state index contributed by atoms with van der Waals surface area (Å²) in [5, 5.41) is 0. The Morgan fingerprint density at radius 2 is 1.86 bits per heavy atom. The van der Waals surface area contributed by atoms with Gasteiger partial charge in [-0.3, -0.25) is 4.55 Å². The van der Waals surface area contributed by atoms with Gasteiger partial charge in [0.05, 0.1) is 5.75 Å². The zero-order chi connectivity index (χ0) is 10.6. The Balaban J connectivity index is 2.54. The van der Waals surface area contributed by atoms with Gasteiger partial charge in [0.2, 0.25) is 0 Å². The van der Waals surface area contributed by atoms with Crippen molar-refractivity contribution in [3.63, 3.8) is 0 Å². The van der Waals surface area contributed by atoms with E-state index in [1.807, 2.05) is 30.3 Å². The fourth-order valence-corrected chi connectivity index (χ4v) is 2.27. The molecule has 0 spiro atoms. The van der Waals surface area contributed by atoms with E-state index in [1.54, 1.807) is 6.92 Å². The molecule has 78 valence electrons. The predicted octanol–water partition coefficient (Wildman–Crippen LogP) is 1.75. The summed E-state index contributed by atoms with van der Waals surface area (Å²) < 4.78 is 29.8. The Kier molecular flexibility index (Phi) is 3.66. The topological polar surface area (TPSA) is 54.4 Å². The van der Waals surface area contributed by atoms with Gasteiger partial charge in [0.25, 0.3) is 10.1 Å². The van der Waals surface area contributed by atoms with Gasteiger partial charge in [-0.1, -0.05) is 37.3 Å². The van der Waals surface area contributed by atoms with Gasteiger partial charge in [0.15, 0.2) is 0 Å². The summed E-state index contributed by atoms with van der Waals surface area (Å²) in [6.07, 6.45) is 0.667. The van der Waals surface area contributed by atoms with Crippen molar-refractivity contribution in [3.8, 4) is 0 Å². The second-order valence-corrected chi connectivity index (χ2v) is 5.04. The highest BCUT2D eigenvalue weighted by Crippen LogP contribution is 2.09. The fourth-order valence-electron chi connectivity index (χ4n) is 1.43. The maximum Gasteiger partial charge on any atom is 0.265 e. The van der Waals surface area contributed by atoms with Crippen LogP contribution in [0.3, 0.4) is 0 Å². The molecule has 1 rings (SSSR count). The van der Waals surface area contributed by atoms with E-state index in [1.165, 1.54) is 0 Å². The molecule has 3 nitrogen and oxygen atoms in total. The molecule has 0 saturated carbocycles. The molecule has 0 bridgehead atoms. The monoisotopic (exact) mass is 214 g/mol. The van der Waals surface area contributed by atoms with E-state index in [-0.39, 0.29) is 11.7 Å². The Hall–Kier alpha value is -0.870. The molecular weight excluding hydrogens is 200 g/mol. The lowest BCUT2D eigenvalue weighted by molar-refractivity contribution is 0.469. The minimum absolute atomic E-state index is 0.0626. The van der Waals surface area contributed by atoms with Gasteiger partial charge in [-0.2, -0.15) is 8.42 Å². The van der Waals surface area contributed by atoms with Crippen LogP contribution < -0.4 is 0 Å². The van der Waals surface area contributed by atoms with Gasteiger partial charge in [-0.15, -0.1) is 0 Å². The zero-order valence-corrected chi connectivity index (χ0v) is 8.87. The summed E-state index contributed by atoms with van der Waals surface area (Å²) in [7, 11) is -3.84. The lowest BCUT2D eigenvalue weighted by Gasteiger charge is -2.08. The van der Waals surface area contributed by atoms with Crippen LogP contribution in [0.2, 0.25) is 0 Å². The SMILES string of the molecule is CC(Cc1ccccc1)CS(=O)(=O)O. The molecule has 0 aliphatic rings. The number of hydrogen-bond donors (Lipinski definition) is 1. The van der Waals surface area contributed by atoms with Crippen LogP contribution in [-0.2, 0) is 16.5 Å². The lowest BCUT2D eigenvalue weighted by atomic mass is 10.0. The molecule has 1 aromatic carbocycles. The van der Waals surface area contributed by atoms with Gasteiger partial charge in [0, 0.05) is 0 Å². The molecule has 1 atom stereocenters. The van der Waals surface area contributed by atoms with E-state index < -0.39 is 10.1 Å². The molecule has 14 heavy (non-hydrogen) atoms. The zero-order valence-electron chi connectivity index (χ0n) is 8.05. The summed E-state index contributed by atoms with van der Waals surface area (Å²) in [6.45, 7) is 1.81. The second kappa shape index (κ2) is 4.57. The third-order valence-corrected chi connectivity index (χ3v) is 2.91. The molecule has 1 aromatic rings. The van der Waals surface area contributed by atoms with Crippen molar-refractivity contribution in [2.45, 2.75) is 13.3 Å². The molecule has 0 amide bonds. The van der Waals surface area contributed by atoms with Crippen molar-refractivity contribution in [1.29, 1.82) is 0 Å². The van der Waals surface area contributed by atoms with E-state index in [0.717, 1.165) is 5.56 Å². The standard InChI is InChI=1S/C10H14O3S/c1-9(8-14(11,12)13)7-10-5-3-2-4-6-10/h2-6,9H,7-8H2,1H3,(H,11,12,13). The molecule has 0 aliphatic heterocycles. The average Bonchev–Trinajstić information content (AvgIpc) is 2.02. The van der Waals surface area contributed by atoms with Crippen LogP contribution >= 0.6 is 0 Å². The van der Waals surface area contributed by atoms with Crippen LogP contribution in [0.5, 0.6) is 0 Å². The molecule has 0 heterocycles. The van der Waals surface area contributed by atoms with Crippen LogP contribution in [0.4, 0.5) is 0 Å². The first-order chi connectivity index (χ1) is 6.47. The second-order valence-electron chi connectivity index (χ2n) is 3.54. The first-order valence-corrected chi connectivity index (χ1v) is 6.07. The van der Waals surface area contributed by atoms with Crippen LogP contribution in [0.25, 0.3) is 0 Å². The summed E-state index contributed by atoms with van der Waals surface area (Å²) in [6, 6.07) is 9.63. The highest BCUT2D eigenvalue weighted by Gasteiger charge is 2.12. The number of rotatable bonds is 4. The summed E-state index contributed by atoms with van der Waals surface area (Å²) in [5.41, 5.74) is 1.09. The van der Waals surface area contributed by atoms with E-state index in [4.69, 9.17) is 4.55 Å². The summed E-state index contributed by atoms with van der Waals surface area (Å²) in [5.74, 6) is -0.241. The van der Waals surface area contributed by atoms with Crippen molar-refractivity contribution in [1.82, 2.24) is 0 Å². The smallest absolute Gasteiger partial charge is 0.265 e. The van der Waals surface area contributed by atoms with Gasteiger partial charge < -0.3 is 0 Å². The molecule has 0 aromatic heterocycles. The van der Waals surface area contributed by atoms with Crippen molar-refractivity contribution in [2.75, 3.05) is 5.75 Å². The number of benzene rings is 1. The first-order valence-electron chi connectivity index (χ1n) is 4.46. The molecule has 0 fully saturated rings. The quantitative estimate of drug-likeness (QED) is 0.777. The third kappa shape index (κ3) is 4.39. The molecule has 0 aliphatic carbocycles. The maximum atomic E-state index is 10.6. The van der Waals surface area contributed by atoms with E-state index in [9.17, 15) is 8.42 Å². The maximum absolute atomic E-state index is 10.6. The minimum atomic E-state index is -3.84. The number of hydrogen-bond acceptors (Lipinski definition) is 2. The van der Waals surface area contributed by atoms with Gasteiger partial charge in [0.1, 0.15) is 0 Å². The van der Waals surface area contributed by atoms with Crippen molar-refractivity contribution in [3.05, 3.63) is 35.9 Å². The van der Waals surface area contributed by atoms with E-state index in [2.05, 4.69) is 0 Å². The highest BCUT2D eigenvalue weighted by molar-refractivity contribution is 7.85. The largest absolute Gasteiger partial charge is 0.286 e. The van der Waals surface area contributed by atoms with Crippen molar-refractivity contribution < 1.29 is 13.0 Å².